The van der Waals surface area contributed by atoms with Gasteiger partial charge in [-0.3, -0.25) is 14.5 Å². The van der Waals surface area contributed by atoms with Crippen LogP contribution in [0, 0.1) is 0 Å². The monoisotopic (exact) mass is 283 g/mol. The van der Waals surface area contributed by atoms with E-state index in [9.17, 15) is 9.59 Å². The fraction of sp³-hybridized carbons (Fsp3) is 0.857. The van der Waals surface area contributed by atoms with Crippen molar-refractivity contribution in [2.24, 2.45) is 0 Å². The van der Waals surface area contributed by atoms with Crippen molar-refractivity contribution < 1.29 is 14.3 Å². The van der Waals surface area contributed by atoms with Gasteiger partial charge in [-0.1, -0.05) is 6.92 Å². The van der Waals surface area contributed by atoms with Crippen LogP contribution in [0.1, 0.15) is 32.6 Å². The van der Waals surface area contributed by atoms with Gasteiger partial charge in [-0.05, 0) is 25.7 Å². The zero-order chi connectivity index (χ0) is 14.4. The van der Waals surface area contributed by atoms with Crippen molar-refractivity contribution >= 4 is 11.8 Å². The summed E-state index contributed by atoms with van der Waals surface area (Å²) in [4.78, 5) is 25.9. The average Bonchev–Trinajstić information content (AvgIpc) is 2.64. The van der Waals surface area contributed by atoms with Crippen molar-refractivity contribution in [3.8, 4) is 0 Å². The summed E-state index contributed by atoms with van der Waals surface area (Å²) in [7, 11) is 0. The maximum Gasteiger partial charge on any atom is 0.242 e. The summed E-state index contributed by atoms with van der Waals surface area (Å²) in [5.74, 6) is -0.118. The minimum Gasteiger partial charge on any atom is -0.376 e. The molecule has 6 heteroatoms. The van der Waals surface area contributed by atoms with Crippen molar-refractivity contribution in [3.05, 3.63) is 0 Å². The molecule has 0 aromatic heterocycles. The Morgan fingerprint density at radius 1 is 1.50 bits per heavy atom. The second kappa shape index (κ2) is 7.59. The molecule has 2 atom stereocenters. The van der Waals surface area contributed by atoms with E-state index in [1.165, 1.54) is 0 Å². The summed E-state index contributed by atoms with van der Waals surface area (Å²) in [6.07, 6.45) is 3.87. The lowest BCUT2D eigenvalue weighted by atomic mass is 10.1. The lowest BCUT2D eigenvalue weighted by Gasteiger charge is -2.32. The van der Waals surface area contributed by atoms with Gasteiger partial charge in [-0.2, -0.15) is 0 Å². The molecule has 0 aliphatic carbocycles. The van der Waals surface area contributed by atoms with Gasteiger partial charge in [0.1, 0.15) is 6.04 Å². The van der Waals surface area contributed by atoms with Crippen molar-refractivity contribution in [3.63, 3.8) is 0 Å². The molecule has 20 heavy (non-hydrogen) atoms. The van der Waals surface area contributed by atoms with Crippen LogP contribution in [0.15, 0.2) is 0 Å². The highest BCUT2D eigenvalue weighted by Gasteiger charge is 2.25. The van der Waals surface area contributed by atoms with Crippen molar-refractivity contribution in [1.29, 1.82) is 0 Å². The molecule has 0 radical (unpaired) electrons. The minimum absolute atomic E-state index is 0.0516. The number of ether oxygens (including phenoxy) is 1. The number of hydrogen-bond donors (Lipinski definition) is 2. The molecule has 0 saturated carbocycles. The molecule has 2 aliphatic heterocycles. The van der Waals surface area contributed by atoms with Crippen LogP contribution < -0.4 is 10.6 Å². The molecule has 114 valence electrons. The Bertz CT molecular complexity index is 349. The number of carbonyl (C=O) groups excluding carboxylic acids is 2. The smallest absolute Gasteiger partial charge is 0.242 e. The third-order valence-electron chi connectivity index (χ3n) is 3.92. The Morgan fingerprint density at radius 3 is 3.15 bits per heavy atom. The van der Waals surface area contributed by atoms with Gasteiger partial charge in [0.15, 0.2) is 0 Å². The maximum absolute atomic E-state index is 12.1. The number of hydrogen-bond acceptors (Lipinski definition) is 4. The molecule has 0 aromatic rings. The van der Waals surface area contributed by atoms with Crippen molar-refractivity contribution in [1.82, 2.24) is 15.5 Å². The fourth-order valence-corrected chi connectivity index (χ4v) is 2.69. The second-order valence-electron chi connectivity index (χ2n) is 5.54. The molecule has 2 N–H and O–H groups in total. The number of nitrogens with one attached hydrogen (secondary N) is 2. The Morgan fingerprint density at radius 2 is 2.35 bits per heavy atom. The normalized spacial score (nSPS) is 28.6. The zero-order valence-electron chi connectivity index (χ0n) is 12.2. The number of rotatable bonds is 4. The van der Waals surface area contributed by atoms with E-state index in [-0.39, 0.29) is 24.0 Å². The molecule has 0 bridgehead atoms. The molecule has 0 aromatic carbocycles. The van der Waals surface area contributed by atoms with Crippen LogP contribution >= 0.6 is 0 Å². The lowest BCUT2D eigenvalue weighted by Crippen LogP contribution is -2.51. The van der Waals surface area contributed by atoms with Crippen LogP contribution in [-0.4, -0.2) is 61.6 Å². The van der Waals surface area contributed by atoms with Crippen LogP contribution in [0.2, 0.25) is 0 Å². The van der Waals surface area contributed by atoms with Gasteiger partial charge in [0.25, 0.3) is 0 Å². The van der Waals surface area contributed by atoms with E-state index in [1.54, 1.807) is 0 Å². The first-order valence-electron chi connectivity index (χ1n) is 7.60. The third kappa shape index (κ3) is 4.45. The van der Waals surface area contributed by atoms with Crippen LogP contribution in [0.4, 0.5) is 0 Å². The number of amides is 2. The van der Waals surface area contributed by atoms with Crippen LogP contribution in [0.3, 0.4) is 0 Å². The first kappa shape index (κ1) is 15.3. The first-order valence-corrected chi connectivity index (χ1v) is 7.60. The largest absolute Gasteiger partial charge is 0.376 e. The van der Waals surface area contributed by atoms with E-state index in [0.29, 0.717) is 19.7 Å². The predicted octanol–water partition coefficient (Wildman–Crippen LogP) is -0.118. The van der Waals surface area contributed by atoms with Gasteiger partial charge in [0, 0.05) is 19.6 Å². The lowest BCUT2D eigenvalue weighted by molar-refractivity contribution is -0.130. The van der Waals surface area contributed by atoms with Crippen LogP contribution in [0.25, 0.3) is 0 Å². The SMILES string of the molecule is CC[C@@H]1CN(CC(=O)N[C@H]2CCCCNC2=O)CCO1. The Kier molecular flexibility index (Phi) is 5.79. The number of carbonyl (C=O) groups is 2. The molecule has 2 fully saturated rings. The summed E-state index contributed by atoms with van der Waals surface area (Å²) in [6, 6.07) is -0.368. The molecule has 0 unspecified atom stereocenters. The molecule has 2 saturated heterocycles. The summed E-state index contributed by atoms with van der Waals surface area (Å²) in [6.45, 7) is 5.40. The predicted molar refractivity (Wildman–Crippen MR) is 75.3 cm³/mol. The topological polar surface area (TPSA) is 70.7 Å². The van der Waals surface area contributed by atoms with Gasteiger partial charge >= 0.3 is 0 Å². The number of morpholine rings is 1. The molecule has 2 rings (SSSR count). The van der Waals surface area contributed by atoms with Gasteiger partial charge in [-0.15, -0.1) is 0 Å². The van der Waals surface area contributed by atoms with E-state index >= 15 is 0 Å². The highest BCUT2D eigenvalue weighted by Crippen LogP contribution is 2.08. The van der Waals surface area contributed by atoms with Crippen molar-refractivity contribution in [2.45, 2.75) is 44.8 Å². The standard InChI is InChI=1S/C14H25N3O3/c1-2-11-9-17(7-8-20-11)10-13(18)16-12-5-3-4-6-15-14(12)19/h11-12H,2-10H2,1H3,(H,15,19)(H,16,18)/t11-,12+/m1/s1. The van der Waals surface area contributed by atoms with Crippen LogP contribution in [0.5, 0.6) is 0 Å². The minimum atomic E-state index is -0.368. The molecule has 6 nitrogen and oxygen atoms in total. The maximum atomic E-state index is 12.1. The molecular weight excluding hydrogens is 258 g/mol. The molecule has 0 spiro atoms. The van der Waals surface area contributed by atoms with E-state index in [0.717, 1.165) is 38.8 Å². The summed E-state index contributed by atoms with van der Waals surface area (Å²) < 4.78 is 5.58. The van der Waals surface area contributed by atoms with Gasteiger partial charge in [-0.25, -0.2) is 0 Å². The highest BCUT2D eigenvalue weighted by atomic mass is 16.5. The Hall–Kier alpha value is -1.14. The summed E-state index contributed by atoms with van der Waals surface area (Å²) >= 11 is 0. The average molecular weight is 283 g/mol. The first-order chi connectivity index (χ1) is 9.69. The Labute approximate surface area is 120 Å². The van der Waals surface area contributed by atoms with Crippen LogP contribution in [-0.2, 0) is 14.3 Å². The molecular formula is C14H25N3O3. The van der Waals surface area contributed by atoms with Crippen molar-refractivity contribution in [2.75, 3.05) is 32.8 Å². The third-order valence-corrected chi connectivity index (χ3v) is 3.92. The zero-order valence-corrected chi connectivity index (χ0v) is 12.2. The van der Waals surface area contributed by atoms with E-state index in [2.05, 4.69) is 22.5 Å². The van der Waals surface area contributed by atoms with E-state index < -0.39 is 0 Å². The molecule has 2 heterocycles. The fourth-order valence-electron chi connectivity index (χ4n) is 2.69. The Balaban J connectivity index is 1.77. The molecule has 2 amide bonds. The number of nitrogens with zero attached hydrogens (tertiary/aromatic N) is 1. The summed E-state index contributed by atoms with van der Waals surface area (Å²) in [5.41, 5.74) is 0. The second-order valence-corrected chi connectivity index (χ2v) is 5.54. The quantitative estimate of drug-likeness (QED) is 0.755. The van der Waals surface area contributed by atoms with Gasteiger partial charge in [0.05, 0.1) is 19.3 Å². The van der Waals surface area contributed by atoms with Gasteiger partial charge in [0.2, 0.25) is 11.8 Å². The van der Waals surface area contributed by atoms with E-state index in [4.69, 9.17) is 4.74 Å². The highest BCUT2D eigenvalue weighted by molar-refractivity contribution is 5.88. The van der Waals surface area contributed by atoms with Gasteiger partial charge < -0.3 is 15.4 Å². The van der Waals surface area contributed by atoms with E-state index in [1.807, 2.05) is 0 Å². The molecule has 2 aliphatic rings. The summed E-state index contributed by atoms with van der Waals surface area (Å²) in [5, 5.41) is 5.69.